The molecular formula is C20H15ClF2N6O2S. The number of benzene rings is 2. The maximum absolute atomic E-state index is 13.5. The lowest BCUT2D eigenvalue weighted by molar-refractivity contribution is 0.504. The molecule has 1 fully saturated rings. The van der Waals surface area contributed by atoms with Crippen molar-refractivity contribution in [3.8, 4) is 11.4 Å². The summed E-state index contributed by atoms with van der Waals surface area (Å²) in [6.07, 6.45) is 2.03. The number of nitrogens with zero attached hydrogens (tertiary/aromatic N) is 3. The molecule has 2 heterocycles. The van der Waals surface area contributed by atoms with Crippen LogP contribution in [0.2, 0.25) is 5.02 Å². The fraction of sp³-hybridized carbons (Fsp3) is 0.150. The number of halogens is 3. The van der Waals surface area contributed by atoms with Gasteiger partial charge in [0.1, 0.15) is 10.7 Å². The Morgan fingerprint density at radius 1 is 1.09 bits per heavy atom. The number of H-pyrrole nitrogens is 1. The van der Waals surface area contributed by atoms with Crippen molar-refractivity contribution in [1.82, 2.24) is 20.2 Å². The molecule has 0 unspecified atom stereocenters. The summed E-state index contributed by atoms with van der Waals surface area (Å²) in [5, 5.41) is 7.16. The Morgan fingerprint density at radius 2 is 1.78 bits per heavy atom. The first-order valence-electron chi connectivity index (χ1n) is 9.52. The van der Waals surface area contributed by atoms with Gasteiger partial charge < -0.3 is 5.73 Å². The minimum absolute atomic E-state index is 0.196. The Balaban J connectivity index is 1.46. The van der Waals surface area contributed by atoms with Gasteiger partial charge in [-0.05, 0) is 49.2 Å². The molecule has 0 saturated heterocycles. The fourth-order valence-corrected chi connectivity index (χ4v) is 4.95. The summed E-state index contributed by atoms with van der Waals surface area (Å²) in [7, 11) is -4.24. The molecule has 164 valence electrons. The number of fused-ring (bicyclic) bond motifs is 1. The number of nitrogens with two attached hydrogens (primary N) is 1. The maximum Gasteiger partial charge on any atom is 0.263 e. The molecule has 8 nitrogen and oxygen atoms in total. The summed E-state index contributed by atoms with van der Waals surface area (Å²) in [6, 6.07) is 7.43. The highest BCUT2D eigenvalue weighted by atomic mass is 35.5. The first kappa shape index (κ1) is 20.6. The van der Waals surface area contributed by atoms with E-state index in [1.54, 1.807) is 12.1 Å². The van der Waals surface area contributed by atoms with Crippen molar-refractivity contribution in [3.63, 3.8) is 0 Å². The number of nitrogen functional groups attached to an aromatic ring is 1. The van der Waals surface area contributed by atoms with Crippen LogP contribution in [0.5, 0.6) is 0 Å². The number of aromatic amines is 1. The molecule has 0 amide bonds. The SMILES string of the molecule is Nc1[nH]nc2nc(-c3ccc(NS(=O)(=O)c4cc(F)c(F)cc4Cl)cc3)nc(C3CC3)c12. The average Bonchev–Trinajstić information content (AvgIpc) is 3.53. The molecule has 1 saturated carbocycles. The van der Waals surface area contributed by atoms with Crippen LogP contribution in [0.4, 0.5) is 20.3 Å². The third kappa shape index (κ3) is 3.63. The van der Waals surface area contributed by atoms with Crippen LogP contribution in [0.25, 0.3) is 22.4 Å². The molecule has 1 aliphatic rings. The molecule has 4 aromatic rings. The third-order valence-corrected chi connectivity index (χ3v) is 6.94. The number of rotatable bonds is 5. The zero-order chi connectivity index (χ0) is 22.6. The number of hydrogen-bond donors (Lipinski definition) is 3. The molecule has 1 aliphatic carbocycles. The Kier molecular flexibility index (Phi) is 4.75. The van der Waals surface area contributed by atoms with Crippen molar-refractivity contribution in [1.29, 1.82) is 0 Å². The quantitative estimate of drug-likeness (QED) is 0.370. The van der Waals surface area contributed by atoms with Gasteiger partial charge in [-0.3, -0.25) is 9.82 Å². The van der Waals surface area contributed by atoms with Crippen LogP contribution in [0.3, 0.4) is 0 Å². The van der Waals surface area contributed by atoms with Gasteiger partial charge in [0.25, 0.3) is 10.0 Å². The fourth-order valence-electron chi connectivity index (χ4n) is 3.36. The van der Waals surface area contributed by atoms with Crippen LogP contribution in [-0.4, -0.2) is 28.6 Å². The largest absolute Gasteiger partial charge is 0.383 e. The lowest BCUT2D eigenvalue weighted by atomic mass is 10.1. The smallest absolute Gasteiger partial charge is 0.263 e. The molecule has 0 bridgehead atoms. The lowest BCUT2D eigenvalue weighted by Gasteiger charge is -2.11. The van der Waals surface area contributed by atoms with E-state index in [4.69, 9.17) is 17.3 Å². The van der Waals surface area contributed by atoms with Crippen LogP contribution in [0.1, 0.15) is 24.5 Å². The van der Waals surface area contributed by atoms with Gasteiger partial charge in [-0.15, -0.1) is 0 Å². The Hall–Kier alpha value is -3.31. The van der Waals surface area contributed by atoms with E-state index in [0.29, 0.717) is 40.9 Å². The zero-order valence-electron chi connectivity index (χ0n) is 16.2. The molecule has 2 aromatic carbocycles. The van der Waals surface area contributed by atoms with E-state index >= 15 is 0 Å². The van der Waals surface area contributed by atoms with Crippen molar-refractivity contribution in [2.45, 2.75) is 23.7 Å². The van der Waals surface area contributed by atoms with Gasteiger partial charge in [-0.25, -0.2) is 27.2 Å². The van der Waals surface area contributed by atoms with E-state index < -0.39 is 31.6 Å². The third-order valence-electron chi connectivity index (χ3n) is 5.09. The van der Waals surface area contributed by atoms with Gasteiger partial charge in [0, 0.05) is 17.2 Å². The number of hydrogen-bond acceptors (Lipinski definition) is 6. The van der Waals surface area contributed by atoms with Crippen molar-refractivity contribution in [2.75, 3.05) is 10.5 Å². The van der Waals surface area contributed by atoms with Crippen LogP contribution in [-0.2, 0) is 10.0 Å². The standard InChI is InChI=1S/C20H15ClF2N6O2S/c21-12-7-13(22)14(23)8-15(12)32(30,31)29-11-5-3-10(4-6-11)19-25-17(9-1-2-9)16-18(24)27-28-20(16)26-19/h3-9,29H,1-2H2,(H3,24,25,26,27,28). The van der Waals surface area contributed by atoms with Crippen molar-refractivity contribution < 1.29 is 17.2 Å². The highest BCUT2D eigenvalue weighted by Crippen LogP contribution is 2.43. The monoisotopic (exact) mass is 476 g/mol. The summed E-state index contributed by atoms with van der Waals surface area (Å²) >= 11 is 5.79. The molecular weight excluding hydrogens is 462 g/mol. The second-order valence-corrected chi connectivity index (χ2v) is 9.48. The highest BCUT2D eigenvalue weighted by molar-refractivity contribution is 7.92. The minimum Gasteiger partial charge on any atom is -0.383 e. The Labute approximate surface area is 185 Å². The van der Waals surface area contributed by atoms with E-state index in [-0.39, 0.29) is 5.69 Å². The van der Waals surface area contributed by atoms with Gasteiger partial charge in [0.2, 0.25) is 0 Å². The zero-order valence-corrected chi connectivity index (χ0v) is 17.8. The molecule has 32 heavy (non-hydrogen) atoms. The summed E-state index contributed by atoms with van der Waals surface area (Å²) in [5.74, 6) is -1.38. The van der Waals surface area contributed by atoms with E-state index in [0.717, 1.165) is 23.9 Å². The van der Waals surface area contributed by atoms with E-state index in [1.165, 1.54) is 12.1 Å². The van der Waals surface area contributed by atoms with Crippen molar-refractivity contribution in [3.05, 3.63) is 58.7 Å². The summed E-state index contributed by atoms with van der Waals surface area (Å²) < 4.78 is 54.2. The van der Waals surface area contributed by atoms with Crippen molar-refractivity contribution in [2.24, 2.45) is 0 Å². The molecule has 0 atom stereocenters. The normalized spacial score (nSPS) is 14.1. The predicted molar refractivity (Wildman–Crippen MR) is 116 cm³/mol. The van der Waals surface area contributed by atoms with Crippen LogP contribution >= 0.6 is 11.6 Å². The molecule has 0 radical (unpaired) electrons. The molecule has 0 aliphatic heterocycles. The van der Waals surface area contributed by atoms with Gasteiger partial charge in [0.15, 0.2) is 23.1 Å². The Bertz CT molecular complexity index is 1470. The van der Waals surface area contributed by atoms with Crippen LogP contribution in [0.15, 0.2) is 41.3 Å². The number of aromatic nitrogens is 4. The van der Waals surface area contributed by atoms with E-state index in [9.17, 15) is 17.2 Å². The average molecular weight is 477 g/mol. The van der Waals surface area contributed by atoms with Gasteiger partial charge >= 0.3 is 0 Å². The van der Waals surface area contributed by atoms with Gasteiger partial charge in [0.05, 0.1) is 16.1 Å². The topological polar surface area (TPSA) is 127 Å². The molecule has 2 aromatic heterocycles. The molecule has 12 heteroatoms. The first-order valence-corrected chi connectivity index (χ1v) is 11.4. The first-order chi connectivity index (χ1) is 15.2. The molecule has 0 spiro atoms. The van der Waals surface area contributed by atoms with E-state index in [1.807, 2.05) is 0 Å². The minimum atomic E-state index is -4.24. The number of nitrogens with one attached hydrogen (secondary N) is 2. The summed E-state index contributed by atoms with van der Waals surface area (Å²) in [5.41, 5.74) is 8.12. The second kappa shape index (κ2) is 7.38. The van der Waals surface area contributed by atoms with Crippen molar-refractivity contribution >= 4 is 44.2 Å². The van der Waals surface area contributed by atoms with Crippen LogP contribution in [0, 0.1) is 11.6 Å². The second-order valence-electron chi connectivity index (χ2n) is 7.42. The lowest BCUT2D eigenvalue weighted by Crippen LogP contribution is -2.14. The van der Waals surface area contributed by atoms with Crippen LogP contribution < -0.4 is 10.5 Å². The maximum atomic E-state index is 13.5. The summed E-state index contributed by atoms with van der Waals surface area (Å²) in [6.45, 7) is 0. The Morgan fingerprint density at radius 3 is 2.47 bits per heavy atom. The highest BCUT2D eigenvalue weighted by Gasteiger charge is 2.30. The molecule has 4 N–H and O–H groups in total. The van der Waals surface area contributed by atoms with Gasteiger partial charge in [-0.2, -0.15) is 5.10 Å². The molecule has 5 rings (SSSR count). The number of sulfonamides is 1. The summed E-state index contributed by atoms with van der Waals surface area (Å²) in [4.78, 5) is 8.55. The number of anilines is 2. The van der Waals surface area contributed by atoms with E-state index in [2.05, 4.69) is 24.9 Å². The predicted octanol–water partition coefficient (Wildman–Crippen LogP) is 4.21. The van der Waals surface area contributed by atoms with Gasteiger partial charge in [-0.1, -0.05) is 11.6 Å².